The first kappa shape index (κ1) is 19.1. The summed E-state index contributed by atoms with van der Waals surface area (Å²) in [4.78, 5) is 13.1. The van der Waals surface area contributed by atoms with Gasteiger partial charge in [-0.2, -0.15) is 5.10 Å². The van der Waals surface area contributed by atoms with Gasteiger partial charge in [-0.25, -0.2) is 4.98 Å². The topological polar surface area (TPSA) is 61.6 Å². The second kappa shape index (κ2) is 9.29. The molecule has 0 radical (unpaired) electrons. The molecule has 0 bridgehead atoms. The minimum Gasteiger partial charge on any atom is -0.356 e. The lowest BCUT2D eigenvalue weighted by atomic mass is 9.99. The molecule has 7 nitrogen and oxygen atoms in total. The third kappa shape index (κ3) is 5.38. The Morgan fingerprint density at radius 3 is 2.86 bits per heavy atom. The Hall–Kier alpha value is -0.900. The van der Waals surface area contributed by atoms with E-state index in [-0.39, 0.29) is 24.0 Å². The molecule has 1 aromatic rings. The van der Waals surface area contributed by atoms with Crippen LogP contribution in [0.2, 0.25) is 0 Å². The number of guanidine groups is 1. The Morgan fingerprint density at radius 1 is 1.50 bits per heavy atom. The second-order valence-electron chi connectivity index (χ2n) is 5.85. The number of rotatable bonds is 4. The number of hydrogen-bond acceptors (Lipinski definition) is 4. The van der Waals surface area contributed by atoms with Crippen molar-refractivity contribution in [2.24, 2.45) is 18.0 Å². The SMILES string of the molecule is CN=C(NCC1CCCN(C)C1)N(C)Cc1ncnn1C.I. The third-order valence-corrected chi connectivity index (χ3v) is 4.03. The number of aromatic nitrogens is 3. The zero-order valence-electron chi connectivity index (χ0n) is 14.0. The van der Waals surface area contributed by atoms with E-state index in [9.17, 15) is 0 Å². The second-order valence-corrected chi connectivity index (χ2v) is 5.85. The molecule has 126 valence electrons. The van der Waals surface area contributed by atoms with E-state index in [0.717, 1.165) is 24.9 Å². The van der Waals surface area contributed by atoms with Crippen LogP contribution in [-0.2, 0) is 13.6 Å². The summed E-state index contributed by atoms with van der Waals surface area (Å²) in [5.74, 6) is 2.54. The van der Waals surface area contributed by atoms with Gasteiger partial charge in [-0.05, 0) is 32.4 Å². The standard InChI is InChI=1S/C14H27N7.HI/c1-15-14(16-8-12-6-5-7-19(2)9-12)20(3)10-13-17-11-18-21(13)4;/h11-12H,5-10H2,1-4H3,(H,15,16);1H. The highest BCUT2D eigenvalue weighted by atomic mass is 127. The third-order valence-electron chi connectivity index (χ3n) is 4.03. The van der Waals surface area contributed by atoms with Gasteiger partial charge < -0.3 is 15.1 Å². The average molecular weight is 421 g/mol. The Labute approximate surface area is 150 Å². The predicted octanol–water partition coefficient (Wildman–Crippen LogP) is 0.782. The summed E-state index contributed by atoms with van der Waals surface area (Å²) in [7, 11) is 7.95. The normalized spacial score (nSPS) is 19.6. The summed E-state index contributed by atoms with van der Waals surface area (Å²) in [6.07, 6.45) is 4.16. The van der Waals surface area contributed by atoms with Crippen LogP contribution in [0.25, 0.3) is 0 Å². The van der Waals surface area contributed by atoms with Gasteiger partial charge in [0.2, 0.25) is 0 Å². The van der Waals surface area contributed by atoms with E-state index in [1.54, 1.807) is 11.0 Å². The van der Waals surface area contributed by atoms with Crippen molar-refractivity contribution < 1.29 is 0 Å². The molecule has 1 aromatic heterocycles. The monoisotopic (exact) mass is 421 g/mol. The fourth-order valence-corrected chi connectivity index (χ4v) is 2.81. The van der Waals surface area contributed by atoms with Gasteiger partial charge in [0, 0.05) is 34.2 Å². The number of nitrogens with one attached hydrogen (secondary N) is 1. The first-order chi connectivity index (χ1) is 10.1. The highest BCUT2D eigenvalue weighted by Gasteiger charge is 2.18. The molecular weight excluding hydrogens is 393 g/mol. The molecule has 0 amide bonds. The summed E-state index contributed by atoms with van der Waals surface area (Å²) < 4.78 is 1.79. The Morgan fingerprint density at radius 2 is 2.27 bits per heavy atom. The Kier molecular flexibility index (Phi) is 8.08. The summed E-state index contributed by atoms with van der Waals surface area (Å²) in [5, 5.41) is 7.58. The lowest BCUT2D eigenvalue weighted by Crippen LogP contribution is -2.44. The molecule has 1 fully saturated rings. The van der Waals surface area contributed by atoms with Crippen molar-refractivity contribution in [1.29, 1.82) is 0 Å². The van der Waals surface area contributed by atoms with Gasteiger partial charge in [0.25, 0.3) is 0 Å². The van der Waals surface area contributed by atoms with E-state index in [0.29, 0.717) is 12.5 Å². The lowest BCUT2D eigenvalue weighted by Gasteiger charge is -2.31. The van der Waals surface area contributed by atoms with Crippen molar-refractivity contribution in [3.05, 3.63) is 12.2 Å². The predicted molar refractivity (Wildman–Crippen MR) is 99.5 cm³/mol. The number of halogens is 1. The van der Waals surface area contributed by atoms with Crippen LogP contribution >= 0.6 is 24.0 Å². The van der Waals surface area contributed by atoms with Crippen molar-refractivity contribution in [1.82, 2.24) is 29.9 Å². The average Bonchev–Trinajstić information content (AvgIpc) is 2.85. The molecule has 0 saturated carbocycles. The highest BCUT2D eigenvalue weighted by Crippen LogP contribution is 2.14. The number of piperidine rings is 1. The minimum absolute atomic E-state index is 0. The first-order valence-corrected chi connectivity index (χ1v) is 7.53. The maximum absolute atomic E-state index is 4.36. The van der Waals surface area contributed by atoms with E-state index in [1.807, 2.05) is 21.1 Å². The van der Waals surface area contributed by atoms with Gasteiger partial charge in [0.15, 0.2) is 5.96 Å². The number of aryl methyl sites for hydroxylation is 1. The molecule has 22 heavy (non-hydrogen) atoms. The Bertz CT molecular complexity index is 474. The smallest absolute Gasteiger partial charge is 0.193 e. The zero-order chi connectivity index (χ0) is 15.2. The maximum Gasteiger partial charge on any atom is 0.193 e. The van der Waals surface area contributed by atoms with Crippen LogP contribution in [0.4, 0.5) is 0 Å². The molecule has 1 atom stereocenters. The van der Waals surface area contributed by atoms with Gasteiger partial charge >= 0.3 is 0 Å². The Balaban J connectivity index is 0.00000242. The van der Waals surface area contributed by atoms with Crippen LogP contribution in [-0.4, -0.2) is 71.3 Å². The number of aliphatic imine (C=N–C) groups is 1. The number of nitrogens with zero attached hydrogens (tertiary/aromatic N) is 6. The van der Waals surface area contributed by atoms with Crippen LogP contribution in [0, 0.1) is 5.92 Å². The number of hydrogen-bond donors (Lipinski definition) is 1. The summed E-state index contributed by atoms with van der Waals surface area (Å²) >= 11 is 0. The van der Waals surface area contributed by atoms with Crippen molar-refractivity contribution in [2.75, 3.05) is 40.8 Å². The molecular formula is C14H28IN7. The van der Waals surface area contributed by atoms with E-state index in [4.69, 9.17) is 0 Å². The molecule has 1 aliphatic heterocycles. The summed E-state index contributed by atoms with van der Waals surface area (Å²) in [5.41, 5.74) is 0. The van der Waals surface area contributed by atoms with Crippen molar-refractivity contribution in [3.63, 3.8) is 0 Å². The molecule has 2 rings (SSSR count). The molecule has 0 spiro atoms. The molecule has 1 unspecified atom stereocenters. The quantitative estimate of drug-likeness (QED) is 0.443. The first-order valence-electron chi connectivity index (χ1n) is 7.53. The fourth-order valence-electron chi connectivity index (χ4n) is 2.81. The molecule has 2 heterocycles. The summed E-state index contributed by atoms with van der Waals surface area (Å²) in [6.45, 7) is 4.05. The van der Waals surface area contributed by atoms with E-state index >= 15 is 0 Å². The zero-order valence-corrected chi connectivity index (χ0v) is 16.3. The van der Waals surface area contributed by atoms with Gasteiger partial charge in [-0.3, -0.25) is 9.67 Å². The van der Waals surface area contributed by atoms with E-state index < -0.39 is 0 Å². The molecule has 0 aromatic carbocycles. The number of likely N-dealkylation sites (tertiary alicyclic amines) is 1. The molecule has 0 aliphatic carbocycles. The highest BCUT2D eigenvalue weighted by molar-refractivity contribution is 14.0. The van der Waals surface area contributed by atoms with Gasteiger partial charge in [-0.1, -0.05) is 0 Å². The molecule has 1 N–H and O–H groups in total. The van der Waals surface area contributed by atoms with Gasteiger partial charge in [0.05, 0.1) is 6.54 Å². The molecule has 1 aliphatic rings. The van der Waals surface area contributed by atoms with Crippen LogP contribution in [0.15, 0.2) is 11.3 Å². The van der Waals surface area contributed by atoms with Gasteiger partial charge in [0.1, 0.15) is 12.2 Å². The van der Waals surface area contributed by atoms with Crippen LogP contribution in [0.1, 0.15) is 18.7 Å². The maximum atomic E-state index is 4.36. The van der Waals surface area contributed by atoms with E-state index in [1.165, 1.54) is 19.4 Å². The van der Waals surface area contributed by atoms with Crippen molar-refractivity contribution >= 4 is 29.9 Å². The van der Waals surface area contributed by atoms with Crippen LogP contribution in [0.5, 0.6) is 0 Å². The van der Waals surface area contributed by atoms with Crippen molar-refractivity contribution in [3.8, 4) is 0 Å². The van der Waals surface area contributed by atoms with E-state index in [2.05, 4.69) is 37.2 Å². The fraction of sp³-hybridized carbons (Fsp3) is 0.786. The summed E-state index contributed by atoms with van der Waals surface area (Å²) in [6, 6.07) is 0. The van der Waals surface area contributed by atoms with Gasteiger partial charge in [-0.15, -0.1) is 24.0 Å². The lowest BCUT2D eigenvalue weighted by molar-refractivity contribution is 0.209. The molecule has 1 saturated heterocycles. The van der Waals surface area contributed by atoms with Crippen molar-refractivity contribution in [2.45, 2.75) is 19.4 Å². The van der Waals surface area contributed by atoms with Crippen LogP contribution in [0.3, 0.4) is 0 Å². The van der Waals surface area contributed by atoms with Crippen LogP contribution < -0.4 is 5.32 Å². The molecule has 8 heteroatoms. The largest absolute Gasteiger partial charge is 0.356 e. The minimum atomic E-state index is 0.